The molecular weight excluding hydrogens is 574 g/mol. The summed E-state index contributed by atoms with van der Waals surface area (Å²) >= 11 is 0. The minimum absolute atomic E-state index is 0.106. The number of allylic oxidation sites excluding steroid dienone is 1. The molecule has 2 saturated heterocycles. The summed E-state index contributed by atoms with van der Waals surface area (Å²) in [5.41, 5.74) is -0.631. The Kier molecular flexibility index (Phi) is 9.05. The van der Waals surface area contributed by atoms with Gasteiger partial charge in [-0.1, -0.05) is 67.5 Å². The topological polar surface area (TPSA) is 125 Å². The Labute approximate surface area is 263 Å². The number of aliphatic hydroxyl groups excluding tert-OH is 1. The highest BCUT2D eigenvalue weighted by Crippen LogP contribution is 2.55. The van der Waals surface area contributed by atoms with Crippen molar-refractivity contribution >= 4 is 40.2 Å². The van der Waals surface area contributed by atoms with E-state index < -0.39 is 41.7 Å². The molecule has 2 N–H and O–H groups in total. The van der Waals surface area contributed by atoms with Gasteiger partial charge >= 0.3 is 5.97 Å². The van der Waals surface area contributed by atoms with E-state index in [4.69, 9.17) is 9.47 Å². The van der Waals surface area contributed by atoms with Crippen LogP contribution in [0.1, 0.15) is 45.4 Å². The fraction of sp³-hybridized carbons (Fsp3) is 0.486. The molecule has 2 aromatic rings. The molecule has 2 aromatic carbocycles. The highest BCUT2D eigenvalue weighted by Gasteiger charge is 2.73. The van der Waals surface area contributed by atoms with Gasteiger partial charge in [0.05, 0.1) is 18.6 Å². The number of anilines is 1. The van der Waals surface area contributed by atoms with Crippen LogP contribution in [0.25, 0.3) is 10.8 Å². The number of fused-ring (bicyclic) bond motifs is 3. The summed E-state index contributed by atoms with van der Waals surface area (Å²) in [6.07, 6.45) is 9.70. The molecule has 238 valence electrons. The Bertz CT molecular complexity index is 1520. The van der Waals surface area contributed by atoms with Crippen LogP contribution in [0.3, 0.4) is 0 Å². The summed E-state index contributed by atoms with van der Waals surface area (Å²) in [6, 6.07) is 12.8. The predicted octanol–water partition coefficient (Wildman–Crippen LogP) is 3.27. The van der Waals surface area contributed by atoms with Crippen molar-refractivity contribution in [2.75, 3.05) is 31.1 Å². The van der Waals surface area contributed by atoms with Crippen molar-refractivity contribution in [1.82, 2.24) is 10.2 Å². The van der Waals surface area contributed by atoms with Gasteiger partial charge in [-0.2, -0.15) is 0 Å². The first-order chi connectivity index (χ1) is 21.8. The van der Waals surface area contributed by atoms with Crippen molar-refractivity contribution in [3.05, 3.63) is 66.8 Å². The van der Waals surface area contributed by atoms with Crippen molar-refractivity contribution < 1.29 is 33.8 Å². The molecule has 10 nitrogen and oxygen atoms in total. The van der Waals surface area contributed by atoms with E-state index in [2.05, 4.69) is 5.32 Å². The zero-order chi connectivity index (χ0) is 31.6. The average molecular weight is 616 g/mol. The number of likely N-dealkylation sites (tertiary alicyclic amines) is 1. The molecule has 10 heteroatoms. The van der Waals surface area contributed by atoms with Crippen LogP contribution >= 0.6 is 0 Å². The van der Waals surface area contributed by atoms with Crippen LogP contribution < -0.4 is 10.2 Å². The average Bonchev–Trinajstić information content (AvgIpc) is 3.68. The third-order valence-electron chi connectivity index (χ3n) is 9.39. The fourth-order valence-corrected chi connectivity index (χ4v) is 7.20. The second-order valence-electron chi connectivity index (χ2n) is 12.4. The van der Waals surface area contributed by atoms with E-state index in [1.54, 1.807) is 22.8 Å². The first-order valence-electron chi connectivity index (χ1n) is 16.0. The van der Waals surface area contributed by atoms with Crippen LogP contribution in [0, 0.1) is 11.8 Å². The van der Waals surface area contributed by atoms with Gasteiger partial charge in [-0.05, 0) is 49.1 Å². The third kappa shape index (κ3) is 5.89. The minimum atomic E-state index is -1.31. The number of rotatable bonds is 7. The van der Waals surface area contributed by atoms with Gasteiger partial charge in [-0.3, -0.25) is 19.2 Å². The lowest BCUT2D eigenvalue weighted by molar-refractivity contribution is -0.158. The molecule has 1 spiro atoms. The van der Waals surface area contributed by atoms with Gasteiger partial charge in [0.15, 0.2) is 0 Å². The van der Waals surface area contributed by atoms with E-state index in [-0.39, 0.29) is 43.8 Å². The van der Waals surface area contributed by atoms with Crippen molar-refractivity contribution in [3.8, 4) is 0 Å². The number of cyclic esters (lactones) is 1. The first-order valence-corrected chi connectivity index (χ1v) is 16.0. The van der Waals surface area contributed by atoms with Crippen LogP contribution in [0.5, 0.6) is 0 Å². The Morgan fingerprint density at radius 1 is 0.978 bits per heavy atom. The summed E-state index contributed by atoms with van der Waals surface area (Å²) < 4.78 is 12.3. The van der Waals surface area contributed by atoms with E-state index >= 15 is 0 Å². The van der Waals surface area contributed by atoms with E-state index in [0.29, 0.717) is 31.5 Å². The number of hydrogen-bond acceptors (Lipinski definition) is 7. The molecule has 4 aliphatic rings. The van der Waals surface area contributed by atoms with E-state index in [1.807, 2.05) is 60.7 Å². The summed E-state index contributed by atoms with van der Waals surface area (Å²) in [5, 5.41) is 14.1. The lowest BCUT2D eigenvalue weighted by Gasteiger charge is -2.36. The fourth-order valence-electron chi connectivity index (χ4n) is 7.20. The molecule has 0 aliphatic carbocycles. The second kappa shape index (κ2) is 13.1. The Morgan fingerprint density at radius 3 is 2.60 bits per heavy atom. The number of carbonyl (C=O) groups is 4. The van der Waals surface area contributed by atoms with Gasteiger partial charge < -0.3 is 29.7 Å². The molecule has 6 rings (SSSR count). The van der Waals surface area contributed by atoms with Crippen LogP contribution in [-0.2, 0) is 28.7 Å². The van der Waals surface area contributed by atoms with Gasteiger partial charge in [-0.25, -0.2) is 0 Å². The first kappa shape index (κ1) is 31.0. The lowest BCUT2D eigenvalue weighted by Crippen LogP contribution is -2.56. The van der Waals surface area contributed by atoms with Crippen molar-refractivity contribution in [2.24, 2.45) is 11.8 Å². The van der Waals surface area contributed by atoms with Crippen LogP contribution in [0.2, 0.25) is 0 Å². The molecule has 3 amide bonds. The minimum Gasteiger partial charge on any atom is -0.460 e. The number of carbonyl (C=O) groups excluding carboxylic acids is 4. The lowest BCUT2D eigenvalue weighted by atomic mass is 9.74. The number of esters is 1. The van der Waals surface area contributed by atoms with Crippen molar-refractivity contribution in [3.63, 3.8) is 0 Å². The molecule has 2 fully saturated rings. The van der Waals surface area contributed by atoms with E-state index in [0.717, 1.165) is 23.6 Å². The van der Waals surface area contributed by atoms with E-state index in [9.17, 15) is 24.3 Å². The number of ether oxygens (including phenoxy) is 2. The number of unbranched alkanes of at least 4 members (excludes halogenated alkanes) is 3. The maximum Gasteiger partial charge on any atom is 0.313 e. The number of nitrogens with zero attached hydrogens (tertiary/aromatic N) is 2. The third-order valence-corrected chi connectivity index (χ3v) is 9.39. The molecule has 4 aliphatic heterocycles. The molecular formula is C35H41N3O7. The summed E-state index contributed by atoms with van der Waals surface area (Å²) in [4.78, 5) is 58.5. The van der Waals surface area contributed by atoms with Gasteiger partial charge in [0.1, 0.15) is 23.7 Å². The normalized spacial score (nSPS) is 30.9. The maximum absolute atomic E-state index is 14.9. The van der Waals surface area contributed by atoms with Crippen molar-refractivity contribution in [2.45, 2.75) is 69.3 Å². The molecule has 0 saturated carbocycles. The Morgan fingerprint density at radius 2 is 1.78 bits per heavy atom. The molecule has 0 aromatic heterocycles. The Balaban J connectivity index is 1.41. The van der Waals surface area contributed by atoms with Gasteiger partial charge in [-0.15, -0.1) is 0 Å². The molecule has 6 atom stereocenters. The van der Waals surface area contributed by atoms with Gasteiger partial charge in [0.25, 0.3) is 5.91 Å². The molecule has 0 unspecified atom stereocenters. The number of aliphatic hydroxyl groups is 1. The summed E-state index contributed by atoms with van der Waals surface area (Å²) in [7, 11) is 0. The Hall–Kier alpha value is -4.02. The van der Waals surface area contributed by atoms with Crippen LogP contribution in [0.15, 0.2) is 66.8 Å². The van der Waals surface area contributed by atoms with Crippen LogP contribution in [-0.4, -0.2) is 83.8 Å². The molecule has 5 bridgehead atoms. The largest absolute Gasteiger partial charge is 0.460 e. The predicted molar refractivity (Wildman–Crippen MR) is 168 cm³/mol. The summed E-state index contributed by atoms with van der Waals surface area (Å²) in [6.45, 7) is 2.52. The smallest absolute Gasteiger partial charge is 0.313 e. The highest BCUT2D eigenvalue weighted by molar-refractivity contribution is 6.06. The molecule has 4 heterocycles. The molecule has 45 heavy (non-hydrogen) atoms. The SMILES string of the molecule is C[C@@H]1CNC(=O)CC/C=C\CN(c2ccc3ccccc3c2)C(=O)[C@@H]2N(CCCCCCO)C(=O)[C@H]3[C@H](C(=O)O1)[C@@H]1C=C[C@]23O1. The van der Waals surface area contributed by atoms with Crippen molar-refractivity contribution in [1.29, 1.82) is 0 Å². The van der Waals surface area contributed by atoms with Gasteiger partial charge in [0.2, 0.25) is 11.8 Å². The number of hydrogen-bond donors (Lipinski definition) is 2. The maximum atomic E-state index is 14.9. The zero-order valence-electron chi connectivity index (χ0n) is 25.6. The zero-order valence-corrected chi connectivity index (χ0v) is 25.6. The van der Waals surface area contributed by atoms with Gasteiger partial charge in [0, 0.05) is 31.8 Å². The summed E-state index contributed by atoms with van der Waals surface area (Å²) in [5.74, 6) is -3.13. The standard InChI is InChI=1S/C35H41N3O7/c1-23-22-36-28(40)13-5-4-9-18-37(26-15-14-24-11-6-7-12-25(24)21-26)33(42)31-35-17-16-27(45-35)29(34(43)44-23)30(35)32(41)38(31)19-8-2-3-10-20-39/h4,6-7,9,11-12,14-17,21,23,27,29-31,39H,2-3,5,8,10,13,18-20,22H2,1H3,(H,36,40)/b9-4-/t23-,27+,29-,30-,31+,35-/m1/s1. The van der Waals surface area contributed by atoms with E-state index in [1.165, 1.54) is 0 Å². The molecule has 0 radical (unpaired) electrons. The monoisotopic (exact) mass is 615 g/mol. The number of amides is 3. The van der Waals surface area contributed by atoms with Crippen LogP contribution in [0.4, 0.5) is 5.69 Å². The highest BCUT2D eigenvalue weighted by atomic mass is 16.6. The quantitative estimate of drug-likeness (QED) is 0.278. The second-order valence-corrected chi connectivity index (χ2v) is 12.4. The number of nitrogens with one attached hydrogen (secondary N) is 1. The number of benzene rings is 2.